The van der Waals surface area contributed by atoms with Gasteiger partial charge in [0.1, 0.15) is 23.0 Å². The third-order valence-electron chi connectivity index (χ3n) is 8.74. The first-order valence-electron chi connectivity index (χ1n) is 14.9. The molecule has 9 rings (SSSR count). The molecule has 0 N–H and O–H groups in total. The van der Waals surface area contributed by atoms with E-state index in [9.17, 15) is 0 Å². The van der Waals surface area contributed by atoms with E-state index in [1.165, 1.54) is 27.5 Å². The summed E-state index contributed by atoms with van der Waals surface area (Å²) in [7, 11) is 0. The lowest BCUT2D eigenvalue weighted by molar-refractivity contribution is 0.487. The van der Waals surface area contributed by atoms with Gasteiger partial charge in [-0.05, 0) is 80.4 Å². The molecule has 0 unspecified atom stereocenters. The first kappa shape index (κ1) is 24.7. The van der Waals surface area contributed by atoms with Gasteiger partial charge in [-0.15, -0.1) is 0 Å². The van der Waals surface area contributed by atoms with Crippen molar-refractivity contribution >= 4 is 21.5 Å². The largest absolute Gasteiger partial charge is 0.456 e. The Kier molecular flexibility index (Phi) is 5.54. The molecule has 0 saturated heterocycles. The number of benzene rings is 7. The Morgan fingerprint density at radius 1 is 0.341 bits per heavy atom. The van der Waals surface area contributed by atoms with Gasteiger partial charge in [0.25, 0.3) is 0 Å². The minimum absolute atomic E-state index is 0.830. The van der Waals surface area contributed by atoms with Crippen LogP contribution in [0.1, 0.15) is 0 Å². The lowest BCUT2D eigenvalue weighted by Gasteiger charge is -2.22. The van der Waals surface area contributed by atoms with Crippen LogP contribution >= 0.6 is 0 Å². The second kappa shape index (κ2) is 9.86. The second-order valence-corrected chi connectivity index (χ2v) is 11.3. The molecule has 2 nitrogen and oxygen atoms in total. The van der Waals surface area contributed by atoms with Crippen molar-refractivity contribution in [1.82, 2.24) is 0 Å². The molecule has 0 radical (unpaired) electrons. The minimum Gasteiger partial charge on any atom is -0.456 e. The molecule has 2 heterocycles. The Morgan fingerprint density at radius 2 is 1.02 bits per heavy atom. The third kappa shape index (κ3) is 3.89. The van der Waals surface area contributed by atoms with Crippen molar-refractivity contribution in [3.05, 3.63) is 158 Å². The van der Waals surface area contributed by atoms with Gasteiger partial charge in [0.15, 0.2) is 0 Å². The molecular weight excluding hydrogens is 536 g/mol. The lowest BCUT2D eigenvalue weighted by atomic mass is 9.91. The summed E-state index contributed by atoms with van der Waals surface area (Å²) in [5.41, 5.74) is 9.06. The molecule has 8 aromatic rings. The molecule has 0 spiro atoms. The van der Waals surface area contributed by atoms with Gasteiger partial charge in [-0.1, -0.05) is 121 Å². The van der Waals surface area contributed by atoms with Crippen molar-refractivity contribution in [2.24, 2.45) is 0 Å². The Bertz CT molecular complexity index is 2360. The average molecular weight is 563 g/mol. The summed E-state index contributed by atoms with van der Waals surface area (Å²) in [6, 6.07) is 55.4. The number of para-hydroxylation sites is 1. The van der Waals surface area contributed by atoms with E-state index in [4.69, 9.17) is 9.15 Å². The maximum atomic E-state index is 6.79. The van der Waals surface area contributed by atoms with E-state index in [2.05, 4.69) is 146 Å². The van der Waals surface area contributed by atoms with Crippen LogP contribution in [-0.4, -0.2) is 0 Å². The molecule has 1 aromatic heterocycles. The van der Waals surface area contributed by atoms with Gasteiger partial charge >= 0.3 is 0 Å². The van der Waals surface area contributed by atoms with E-state index in [1.807, 2.05) is 12.1 Å². The van der Waals surface area contributed by atoms with E-state index >= 15 is 0 Å². The van der Waals surface area contributed by atoms with Crippen molar-refractivity contribution in [2.45, 2.75) is 0 Å². The van der Waals surface area contributed by atoms with Gasteiger partial charge in [-0.25, -0.2) is 0 Å². The fourth-order valence-corrected chi connectivity index (χ4v) is 6.68. The van der Waals surface area contributed by atoms with Crippen LogP contribution in [0.4, 0.5) is 0 Å². The van der Waals surface area contributed by atoms with E-state index in [-0.39, 0.29) is 0 Å². The van der Waals surface area contributed by atoms with Crippen molar-refractivity contribution in [3.8, 4) is 67.5 Å². The Hall–Kier alpha value is -5.86. The van der Waals surface area contributed by atoms with E-state index < -0.39 is 0 Å². The maximum absolute atomic E-state index is 6.79. The third-order valence-corrected chi connectivity index (χ3v) is 8.74. The SMILES string of the molecule is c1ccc(-c2ccc(-c3cccc4ccccc34)c(-c3ccc(-c4ccc5c6c(cccc46)-c4ccccc4O5)o3)c2)cc1. The summed E-state index contributed by atoms with van der Waals surface area (Å²) >= 11 is 0. The zero-order chi connectivity index (χ0) is 29.0. The average Bonchev–Trinajstić information content (AvgIpc) is 3.58. The monoisotopic (exact) mass is 562 g/mol. The maximum Gasteiger partial charge on any atom is 0.135 e. The molecule has 1 aliphatic rings. The smallest absolute Gasteiger partial charge is 0.135 e. The summed E-state index contributed by atoms with van der Waals surface area (Å²) in [6.45, 7) is 0. The van der Waals surface area contributed by atoms with E-state index in [0.717, 1.165) is 61.6 Å². The Balaban J connectivity index is 1.23. The van der Waals surface area contributed by atoms with Gasteiger partial charge in [0, 0.05) is 22.1 Å². The van der Waals surface area contributed by atoms with Gasteiger partial charge < -0.3 is 9.15 Å². The highest BCUT2D eigenvalue weighted by Crippen LogP contribution is 2.49. The highest BCUT2D eigenvalue weighted by atomic mass is 16.5. The summed E-state index contributed by atoms with van der Waals surface area (Å²) < 4.78 is 13.1. The van der Waals surface area contributed by atoms with E-state index in [1.54, 1.807) is 0 Å². The zero-order valence-corrected chi connectivity index (χ0v) is 23.8. The number of hydrogen-bond acceptors (Lipinski definition) is 2. The molecule has 1 aliphatic heterocycles. The van der Waals surface area contributed by atoms with Crippen LogP contribution in [0.3, 0.4) is 0 Å². The van der Waals surface area contributed by atoms with Gasteiger partial charge in [0.05, 0.1) is 0 Å². The zero-order valence-electron chi connectivity index (χ0n) is 23.8. The van der Waals surface area contributed by atoms with Crippen LogP contribution in [-0.2, 0) is 0 Å². The molecule has 0 saturated carbocycles. The molecule has 0 bridgehead atoms. The fraction of sp³-hybridized carbons (Fsp3) is 0. The normalized spacial score (nSPS) is 11.8. The quantitative estimate of drug-likeness (QED) is 0.213. The number of rotatable bonds is 4. The summed E-state index contributed by atoms with van der Waals surface area (Å²) in [5.74, 6) is 3.43. The van der Waals surface area contributed by atoms with Crippen LogP contribution in [0.15, 0.2) is 162 Å². The van der Waals surface area contributed by atoms with Crippen LogP contribution in [0.2, 0.25) is 0 Å². The molecule has 0 fully saturated rings. The van der Waals surface area contributed by atoms with Gasteiger partial charge in [-0.3, -0.25) is 0 Å². The molecule has 7 aromatic carbocycles. The molecule has 0 amide bonds. The second-order valence-electron chi connectivity index (χ2n) is 11.3. The van der Waals surface area contributed by atoms with Crippen LogP contribution in [0.5, 0.6) is 11.5 Å². The fourth-order valence-electron chi connectivity index (χ4n) is 6.68. The Labute approximate surface area is 255 Å². The highest BCUT2D eigenvalue weighted by Gasteiger charge is 2.22. The van der Waals surface area contributed by atoms with E-state index in [0.29, 0.717) is 0 Å². The van der Waals surface area contributed by atoms with Gasteiger partial charge in [-0.2, -0.15) is 0 Å². The molecule has 2 heteroatoms. The molecule has 0 atom stereocenters. The molecule has 206 valence electrons. The number of fused-ring (bicyclic) bond motifs is 3. The number of ether oxygens (including phenoxy) is 1. The molecule has 44 heavy (non-hydrogen) atoms. The van der Waals surface area contributed by atoms with Gasteiger partial charge in [0.2, 0.25) is 0 Å². The predicted octanol–water partition coefficient (Wildman–Crippen LogP) is 12.0. The van der Waals surface area contributed by atoms with Crippen LogP contribution in [0, 0.1) is 0 Å². The molecular formula is C42H26O2. The first-order valence-corrected chi connectivity index (χ1v) is 14.9. The highest BCUT2D eigenvalue weighted by molar-refractivity contribution is 6.09. The minimum atomic E-state index is 0.830. The summed E-state index contributed by atoms with van der Waals surface area (Å²) in [6.07, 6.45) is 0. The van der Waals surface area contributed by atoms with Crippen molar-refractivity contribution < 1.29 is 9.15 Å². The number of furan rings is 1. The van der Waals surface area contributed by atoms with Crippen molar-refractivity contribution in [3.63, 3.8) is 0 Å². The predicted molar refractivity (Wildman–Crippen MR) is 181 cm³/mol. The summed E-state index contributed by atoms with van der Waals surface area (Å²) in [4.78, 5) is 0. The summed E-state index contributed by atoms with van der Waals surface area (Å²) in [5, 5.41) is 4.67. The lowest BCUT2D eigenvalue weighted by Crippen LogP contribution is -1.97. The topological polar surface area (TPSA) is 22.4 Å². The van der Waals surface area contributed by atoms with Crippen LogP contribution < -0.4 is 4.74 Å². The standard InChI is InChI=1S/C42H26O2/c1-2-10-27(11-3-1)29-20-21-32(31-16-8-13-28-12-4-5-14-30(28)31)37(26-29)40-25-24-39(43-40)34-22-23-41-42-35(17-9-18-36(34)42)33-15-6-7-19-38(33)44-41/h1-26H. The number of hydrogen-bond donors (Lipinski definition) is 0. The first-order chi connectivity index (χ1) is 21.8. The molecule has 0 aliphatic carbocycles. The van der Waals surface area contributed by atoms with Crippen molar-refractivity contribution in [1.29, 1.82) is 0 Å². The van der Waals surface area contributed by atoms with Crippen LogP contribution in [0.25, 0.3) is 77.6 Å². The Morgan fingerprint density at radius 3 is 1.95 bits per heavy atom. The van der Waals surface area contributed by atoms with Crippen molar-refractivity contribution in [2.75, 3.05) is 0 Å².